The second-order valence-electron chi connectivity index (χ2n) is 2.48. The van der Waals surface area contributed by atoms with E-state index in [0.717, 1.165) is 18.2 Å². The molecule has 0 heterocycles. The van der Waals surface area contributed by atoms with Crippen molar-refractivity contribution >= 4 is 33.0 Å². The average molecular weight is 319 g/mol. The summed E-state index contributed by atoms with van der Waals surface area (Å²) >= 11 is 7.75. The first-order chi connectivity index (χ1) is 7.28. The van der Waals surface area contributed by atoms with Crippen molar-refractivity contribution in [3.8, 4) is 11.5 Å². The Morgan fingerprint density at radius 3 is 2.44 bits per heavy atom. The predicted molar refractivity (Wildman–Crippen MR) is 52.7 cm³/mol. The minimum Gasteiger partial charge on any atom is -0.414 e. The fraction of sp³-hybridized carbons (Fsp3) is 0.125. The Balaban J connectivity index is 2.87. The third-order valence-corrected chi connectivity index (χ3v) is 2.02. The number of rotatable bonds is 2. The van der Waals surface area contributed by atoms with Gasteiger partial charge in [-0.2, -0.15) is 0 Å². The molecular formula is C8H3BrClF3O3. The summed E-state index contributed by atoms with van der Waals surface area (Å²) in [7, 11) is 0. The minimum atomic E-state index is -4.78. The first-order valence-corrected chi connectivity index (χ1v) is 4.87. The van der Waals surface area contributed by atoms with Gasteiger partial charge >= 0.3 is 11.8 Å². The second kappa shape index (κ2) is 4.92. The minimum absolute atomic E-state index is 0.00130. The van der Waals surface area contributed by atoms with Gasteiger partial charge in [-0.05, 0) is 34.1 Å². The monoisotopic (exact) mass is 318 g/mol. The van der Waals surface area contributed by atoms with E-state index >= 15 is 0 Å². The molecule has 0 bridgehead atoms. The van der Waals surface area contributed by atoms with Gasteiger partial charge in [0.2, 0.25) is 0 Å². The van der Waals surface area contributed by atoms with Crippen molar-refractivity contribution < 1.29 is 27.4 Å². The highest BCUT2D eigenvalue weighted by atomic mass is 79.9. The van der Waals surface area contributed by atoms with Crippen molar-refractivity contribution in [3.05, 3.63) is 22.7 Å². The number of hydrogen-bond acceptors (Lipinski definition) is 3. The molecule has 0 saturated heterocycles. The van der Waals surface area contributed by atoms with Gasteiger partial charge in [0, 0.05) is 11.6 Å². The summed E-state index contributed by atoms with van der Waals surface area (Å²) in [5, 5.41) is 0. The van der Waals surface area contributed by atoms with Crippen LogP contribution in [-0.2, 0) is 0 Å². The molecule has 0 aliphatic rings. The van der Waals surface area contributed by atoms with Crippen molar-refractivity contribution in [2.24, 2.45) is 0 Å². The predicted octanol–water partition coefficient (Wildman–Crippen LogP) is 4.09. The van der Waals surface area contributed by atoms with E-state index in [1.54, 1.807) is 0 Å². The molecule has 0 spiro atoms. The quantitative estimate of drug-likeness (QED) is 0.770. The SMILES string of the molecule is O=C(Cl)Oc1ccc(OC(F)(F)F)c(Br)c1. The van der Waals surface area contributed by atoms with Crippen LogP contribution < -0.4 is 9.47 Å². The molecule has 1 aromatic rings. The zero-order valence-electron chi connectivity index (χ0n) is 7.35. The molecule has 8 heteroatoms. The van der Waals surface area contributed by atoms with Gasteiger partial charge in [-0.25, -0.2) is 4.79 Å². The van der Waals surface area contributed by atoms with E-state index in [1.165, 1.54) is 0 Å². The fourth-order valence-electron chi connectivity index (χ4n) is 0.845. The normalized spacial score (nSPS) is 11.1. The lowest BCUT2D eigenvalue weighted by Gasteiger charge is -2.10. The zero-order chi connectivity index (χ0) is 12.3. The van der Waals surface area contributed by atoms with Crippen LogP contribution in [0.2, 0.25) is 0 Å². The van der Waals surface area contributed by atoms with Crippen molar-refractivity contribution in [3.63, 3.8) is 0 Å². The molecule has 0 amide bonds. The number of carbonyl (C=O) groups is 1. The van der Waals surface area contributed by atoms with Gasteiger partial charge in [0.1, 0.15) is 11.5 Å². The molecule has 0 unspecified atom stereocenters. The van der Waals surface area contributed by atoms with E-state index in [4.69, 9.17) is 11.6 Å². The molecule has 16 heavy (non-hydrogen) atoms. The maximum atomic E-state index is 11.9. The third kappa shape index (κ3) is 4.28. The van der Waals surface area contributed by atoms with Gasteiger partial charge in [-0.1, -0.05) is 0 Å². The Kier molecular flexibility index (Phi) is 4.03. The van der Waals surface area contributed by atoms with E-state index in [1.807, 2.05) is 0 Å². The fourth-order valence-corrected chi connectivity index (χ4v) is 1.37. The standard InChI is InChI=1S/C8H3BrClF3O3/c9-5-3-4(15-7(10)14)1-2-6(5)16-8(11,12)13/h1-3H. The van der Waals surface area contributed by atoms with Crippen LogP contribution >= 0.6 is 27.5 Å². The number of hydrogen-bond donors (Lipinski definition) is 0. The molecule has 1 aromatic carbocycles. The van der Waals surface area contributed by atoms with Crippen molar-refractivity contribution in [1.29, 1.82) is 0 Å². The molecule has 0 aliphatic heterocycles. The van der Waals surface area contributed by atoms with Crippen molar-refractivity contribution in [2.45, 2.75) is 6.36 Å². The number of halogens is 5. The number of benzene rings is 1. The molecule has 0 radical (unpaired) electrons. The molecule has 0 saturated carbocycles. The Morgan fingerprint density at radius 2 is 2.00 bits per heavy atom. The van der Waals surface area contributed by atoms with Crippen molar-refractivity contribution in [1.82, 2.24) is 0 Å². The van der Waals surface area contributed by atoms with Crippen LogP contribution in [-0.4, -0.2) is 11.8 Å². The van der Waals surface area contributed by atoms with E-state index < -0.39 is 17.5 Å². The highest BCUT2D eigenvalue weighted by Crippen LogP contribution is 2.33. The Hall–Kier alpha value is -0.950. The van der Waals surface area contributed by atoms with E-state index in [2.05, 4.69) is 25.4 Å². The molecule has 0 aliphatic carbocycles. The van der Waals surface area contributed by atoms with Gasteiger partial charge in [-0.3, -0.25) is 0 Å². The number of carbonyl (C=O) groups excluding carboxylic acids is 1. The topological polar surface area (TPSA) is 35.5 Å². The lowest BCUT2D eigenvalue weighted by atomic mass is 10.3. The maximum Gasteiger partial charge on any atom is 0.573 e. The summed E-state index contributed by atoms with van der Waals surface area (Å²) in [6.45, 7) is 0. The lowest BCUT2D eigenvalue weighted by molar-refractivity contribution is -0.274. The average Bonchev–Trinajstić information content (AvgIpc) is 2.06. The Bertz CT molecular complexity index is 408. The molecule has 0 atom stereocenters. The number of ether oxygens (including phenoxy) is 2. The molecule has 0 aromatic heterocycles. The second-order valence-corrected chi connectivity index (χ2v) is 3.64. The van der Waals surface area contributed by atoms with Crippen LogP contribution in [0.25, 0.3) is 0 Å². The van der Waals surface area contributed by atoms with Gasteiger partial charge < -0.3 is 9.47 Å². The first kappa shape index (κ1) is 13.1. The van der Waals surface area contributed by atoms with Crippen LogP contribution in [0, 0.1) is 0 Å². The summed E-state index contributed by atoms with van der Waals surface area (Å²) in [6.07, 6.45) is -4.78. The zero-order valence-corrected chi connectivity index (χ0v) is 9.69. The highest BCUT2D eigenvalue weighted by Gasteiger charge is 2.32. The van der Waals surface area contributed by atoms with Crippen LogP contribution in [0.3, 0.4) is 0 Å². The number of alkyl halides is 3. The largest absolute Gasteiger partial charge is 0.573 e. The molecule has 0 fully saturated rings. The smallest absolute Gasteiger partial charge is 0.414 e. The van der Waals surface area contributed by atoms with Crippen LogP contribution in [0.4, 0.5) is 18.0 Å². The molecule has 0 N–H and O–H groups in total. The van der Waals surface area contributed by atoms with Crippen LogP contribution in [0.1, 0.15) is 0 Å². The van der Waals surface area contributed by atoms with Crippen LogP contribution in [0.5, 0.6) is 11.5 Å². The van der Waals surface area contributed by atoms with Gasteiger partial charge in [-0.15, -0.1) is 13.2 Å². The lowest BCUT2D eigenvalue weighted by Crippen LogP contribution is -2.17. The first-order valence-electron chi connectivity index (χ1n) is 3.70. The summed E-state index contributed by atoms with van der Waals surface area (Å²) in [5.74, 6) is -0.441. The molecule has 3 nitrogen and oxygen atoms in total. The van der Waals surface area contributed by atoms with Gasteiger partial charge in [0.05, 0.1) is 4.47 Å². The van der Waals surface area contributed by atoms with Crippen LogP contribution in [0.15, 0.2) is 22.7 Å². The summed E-state index contributed by atoms with van der Waals surface area (Å²) in [5.41, 5.74) is -1.09. The molecule has 88 valence electrons. The highest BCUT2D eigenvalue weighted by molar-refractivity contribution is 9.10. The summed E-state index contributed by atoms with van der Waals surface area (Å²) in [6, 6.07) is 3.24. The molecule has 1 rings (SSSR count). The summed E-state index contributed by atoms with van der Waals surface area (Å²) < 4.78 is 43.7. The van der Waals surface area contributed by atoms with E-state index in [9.17, 15) is 18.0 Å². The van der Waals surface area contributed by atoms with Crippen molar-refractivity contribution in [2.75, 3.05) is 0 Å². The van der Waals surface area contributed by atoms with Gasteiger partial charge in [0.25, 0.3) is 0 Å². The molecular weight excluding hydrogens is 316 g/mol. The van der Waals surface area contributed by atoms with E-state index in [0.29, 0.717) is 0 Å². The Morgan fingerprint density at radius 1 is 1.38 bits per heavy atom. The Labute approximate surface area is 101 Å². The maximum absolute atomic E-state index is 11.9. The van der Waals surface area contributed by atoms with Gasteiger partial charge in [0.15, 0.2) is 0 Å². The summed E-state index contributed by atoms with van der Waals surface area (Å²) in [4.78, 5) is 10.4. The third-order valence-electron chi connectivity index (χ3n) is 1.33. The van der Waals surface area contributed by atoms with E-state index in [-0.39, 0.29) is 10.2 Å².